The third-order valence-electron chi connectivity index (χ3n) is 5.01. The summed E-state index contributed by atoms with van der Waals surface area (Å²) in [6.07, 6.45) is 5.63. The number of amides is 1. The molecular weight excluding hydrogens is 286 g/mol. The smallest absolute Gasteiger partial charge is 0.227 e. The van der Waals surface area contributed by atoms with Crippen molar-refractivity contribution < 1.29 is 9.21 Å². The third kappa shape index (κ3) is 2.50. The van der Waals surface area contributed by atoms with E-state index in [0.717, 1.165) is 41.3 Å². The van der Waals surface area contributed by atoms with E-state index in [1.165, 1.54) is 11.8 Å². The number of likely N-dealkylation sites (tertiary alicyclic amines) is 1. The highest BCUT2D eigenvalue weighted by atomic mass is 16.3. The van der Waals surface area contributed by atoms with Gasteiger partial charge in [-0.3, -0.25) is 4.79 Å². The molecule has 3 aromatic rings. The van der Waals surface area contributed by atoms with Gasteiger partial charge in [0.15, 0.2) is 0 Å². The number of benzene rings is 2. The summed E-state index contributed by atoms with van der Waals surface area (Å²) in [6.45, 7) is 3.04. The molecule has 2 heterocycles. The summed E-state index contributed by atoms with van der Waals surface area (Å²) in [4.78, 5) is 14.8. The Balaban J connectivity index is 1.71. The number of hydrogen-bond acceptors (Lipinski definition) is 2. The number of rotatable bonds is 2. The molecule has 23 heavy (non-hydrogen) atoms. The monoisotopic (exact) mass is 307 g/mol. The lowest BCUT2D eigenvalue weighted by Gasteiger charge is -2.33. The molecule has 1 aliphatic heterocycles. The molecule has 2 aromatic carbocycles. The van der Waals surface area contributed by atoms with Gasteiger partial charge in [0, 0.05) is 23.5 Å². The maximum atomic E-state index is 12.7. The van der Waals surface area contributed by atoms with Crippen molar-refractivity contribution in [3.8, 4) is 0 Å². The van der Waals surface area contributed by atoms with Crippen LogP contribution in [0, 0.1) is 0 Å². The fourth-order valence-electron chi connectivity index (χ4n) is 3.74. The first-order valence-corrected chi connectivity index (χ1v) is 8.41. The van der Waals surface area contributed by atoms with Gasteiger partial charge < -0.3 is 9.32 Å². The van der Waals surface area contributed by atoms with Gasteiger partial charge in [-0.25, -0.2) is 0 Å². The van der Waals surface area contributed by atoms with Gasteiger partial charge in [-0.2, -0.15) is 0 Å². The van der Waals surface area contributed by atoms with E-state index in [1.807, 2.05) is 23.1 Å². The summed E-state index contributed by atoms with van der Waals surface area (Å²) in [5, 5.41) is 3.43. The molecule has 0 aliphatic carbocycles. The Morgan fingerprint density at radius 1 is 1.22 bits per heavy atom. The number of piperidine rings is 1. The summed E-state index contributed by atoms with van der Waals surface area (Å²) in [5.41, 5.74) is 1.86. The van der Waals surface area contributed by atoms with Crippen molar-refractivity contribution in [1.29, 1.82) is 0 Å². The van der Waals surface area contributed by atoms with Gasteiger partial charge in [0.2, 0.25) is 5.91 Å². The van der Waals surface area contributed by atoms with E-state index in [1.54, 1.807) is 6.26 Å². The van der Waals surface area contributed by atoms with Crippen LogP contribution in [0.3, 0.4) is 0 Å². The Morgan fingerprint density at radius 2 is 2.09 bits per heavy atom. The predicted molar refractivity (Wildman–Crippen MR) is 92.5 cm³/mol. The van der Waals surface area contributed by atoms with Crippen LogP contribution in [-0.4, -0.2) is 23.4 Å². The van der Waals surface area contributed by atoms with E-state index >= 15 is 0 Å². The average molecular weight is 307 g/mol. The highest BCUT2D eigenvalue weighted by Gasteiger charge is 2.24. The van der Waals surface area contributed by atoms with Crippen LogP contribution in [0.2, 0.25) is 0 Å². The summed E-state index contributed by atoms with van der Waals surface area (Å²) in [6, 6.07) is 12.7. The van der Waals surface area contributed by atoms with E-state index in [4.69, 9.17) is 4.42 Å². The molecule has 3 nitrogen and oxygen atoms in total. The van der Waals surface area contributed by atoms with Crippen molar-refractivity contribution in [3.05, 3.63) is 48.2 Å². The number of hydrogen-bond donors (Lipinski definition) is 0. The van der Waals surface area contributed by atoms with E-state index in [9.17, 15) is 4.79 Å². The Kier molecular flexibility index (Phi) is 3.56. The highest BCUT2D eigenvalue weighted by Crippen LogP contribution is 2.30. The molecule has 0 N–H and O–H groups in total. The van der Waals surface area contributed by atoms with Gasteiger partial charge in [-0.15, -0.1) is 0 Å². The second-order valence-corrected chi connectivity index (χ2v) is 6.53. The van der Waals surface area contributed by atoms with Crippen molar-refractivity contribution in [1.82, 2.24) is 4.90 Å². The topological polar surface area (TPSA) is 33.5 Å². The minimum Gasteiger partial charge on any atom is -0.464 e. The Bertz CT molecular complexity index is 864. The first-order chi connectivity index (χ1) is 11.2. The van der Waals surface area contributed by atoms with Gasteiger partial charge in [-0.05, 0) is 43.0 Å². The Labute approximate surface area is 135 Å². The minimum atomic E-state index is 0.216. The molecule has 0 bridgehead atoms. The van der Waals surface area contributed by atoms with Crippen LogP contribution in [0.5, 0.6) is 0 Å². The normalized spacial score (nSPS) is 18.7. The maximum absolute atomic E-state index is 12.7. The molecule has 3 heteroatoms. The second-order valence-electron chi connectivity index (χ2n) is 6.53. The van der Waals surface area contributed by atoms with Crippen molar-refractivity contribution in [2.45, 2.75) is 38.6 Å². The number of carbonyl (C=O) groups is 1. The highest BCUT2D eigenvalue weighted by molar-refractivity contribution is 6.08. The first-order valence-electron chi connectivity index (χ1n) is 8.41. The van der Waals surface area contributed by atoms with Crippen LogP contribution in [0.15, 0.2) is 47.1 Å². The van der Waals surface area contributed by atoms with Crippen molar-refractivity contribution >= 4 is 27.6 Å². The van der Waals surface area contributed by atoms with Crippen LogP contribution in [0.4, 0.5) is 0 Å². The predicted octanol–water partition coefficient (Wildman–Crippen LogP) is 4.53. The molecule has 0 saturated carbocycles. The summed E-state index contributed by atoms with van der Waals surface area (Å²) in [5.74, 6) is 0.216. The van der Waals surface area contributed by atoms with Crippen LogP contribution in [0.1, 0.15) is 31.7 Å². The van der Waals surface area contributed by atoms with E-state index < -0.39 is 0 Å². The van der Waals surface area contributed by atoms with Crippen molar-refractivity contribution in [2.24, 2.45) is 0 Å². The Hall–Kier alpha value is -2.29. The number of fused-ring (bicyclic) bond motifs is 3. The molecule has 0 radical (unpaired) electrons. The van der Waals surface area contributed by atoms with Crippen molar-refractivity contribution in [2.75, 3.05) is 6.54 Å². The van der Waals surface area contributed by atoms with Crippen LogP contribution >= 0.6 is 0 Å². The largest absolute Gasteiger partial charge is 0.464 e. The van der Waals surface area contributed by atoms with Gasteiger partial charge in [0.1, 0.15) is 5.58 Å². The molecule has 118 valence electrons. The van der Waals surface area contributed by atoms with E-state index in [0.29, 0.717) is 12.5 Å². The lowest BCUT2D eigenvalue weighted by atomic mass is 10.00. The molecule has 1 saturated heterocycles. The standard InChI is InChI=1S/C20H21NO2/c1-14-6-4-5-11-21(14)19(22)12-16-13-23-18-10-9-15-7-2-3-8-17(15)20(16)18/h2-3,7-10,13-14H,4-6,11-12H2,1H3/t14-/m1/s1. The molecular formula is C20H21NO2. The van der Waals surface area contributed by atoms with Crippen LogP contribution in [-0.2, 0) is 11.2 Å². The first kappa shape index (κ1) is 14.3. The molecule has 0 unspecified atom stereocenters. The van der Waals surface area contributed by atoms with Gasteiger partial charge in [0.25, 0.3) is 0 Å². The molecule has 1 atom stereocenters. The fraction of sp³-hybridized carbons (Fsp3) is 0.350. The second kappa shape index (κ2) is 5.73. The van der Waals surface area contributed by atoms with Crippen molar-refractivity contribution in [3.63, 3.8) is 0 Å². The van der Waals surface area contributed by atoms with Gasteiger partial charge in [-0.1, -0.05) is 30.3 Å². The lowest BCUT2D eigenvalue weighted by molar-refractivity contribution is -0.133. The summed E-state index contributed by atoms with van der Waals surface area (Å²) < 4.78 is 5.70. The number of furan rings is 1. The fourth-order valence-corrected chi connectivity index (χ4v) is 3.74. The summed E-state index contributed by atoms with van der Waals surface area (Å²) in [7, 11) is 0. The molecule has 1 aliphatic rings. The van der Waals surface area contributed by atoms with Crippen LogP contribution in [0.25, 0.3) is 21.7 Å². The van der Waals surface area contributed by atoms with E-state index in [2.05, 4.69) is 25.1 Å². The lowest BCUT2D eigenvalue weighted by Crippen LogP contribution is -2.42. The van der Waals surface area contributed by atoms with Crippen LogP contribution < -0.4 is 0 Å². The molecule has 1 fully saturated rings. The zero-order valence-electron chi connectivity index (χ0n) is 13.4. The zero-order valence-corrected chi connectivity index (χ0v) is 13.4. The molecule has 1 amide bonds. The zero-order chi connectivity index (χ0) is 15.8. The quantitative estimate of drug-likeness (QED) is 0.697. The minimum absolute atomic E-state index is 0.216. The Morgan fingerprint density at radius 3 is 2.96 bits per heavy atom. The number of carbonyl (C=O) groups excluding carboxylic acids is 1. The van der Waals surface area contributed by atoms with Gasteiger partial charge in [0.05, 0.1) is 12.7 Å². The summed E-state index contributed by atoms with van der Waals surface area (Å²) >= 11 is 0. The third-order valence-corrected chi connectivity index (χ3v) is 5.01. The molecule has 0 spiro atoms. The van der Waals surface area contributed by atoms with E-state index in [-0.39, 0.29) is 5.91 Å². The number of nitrogens with zero attached hydrogens (tertiary/aromatic N) is 1. The molecule has 4 rings (SSSR count). The van der Waals surface area contributed by atoms with Gasteiger partial charge >= 0.3 is 0 Å². The SMILES string of the molecule is C[C@@H]1CCCCN1C(=O)Cc1coc2ccc3ccccc3c12. The average Bonchev–Trinajstić information content (AvgIpc) is 2.98. The maximum Gasteiger partial charge on any atom is 0.227 e. The molecule has 1 aromatic heterocycles.